The summed E-state index contributed by atoms with van der Waals surface area (Å²) in [6.45, 7) is 1.65. The first-order valence-electron chi connectivity index (χ1n) is 9.32. The van der Waals surface area contributed by atoms with Crippen molar-refractivity contribution in [2.45, 2.75) is 32.3 Å². The highest BCUT2D eigenvalue weighted by Gasteiger charge is 2.28. The van der Waals surface area contributed by atoms with E-state index in [9.17, 15) is 14.4 Å². The molecule has 0 bridgehead atoms. The molecule has 5 N–H and O–H groups in total. The maximum absolute atomic E-state index is 12.6. The van der Waals surface area contributed by atoms with Gasteiger partial charge in [-0.15, -0.1) is 11.3 Å². The Labute approximate surface area is 172 Å². The Morgan fingerprint density at radius 3 is 2.76 bits per heavy atom. The van der Waals surface area contributed by atoms with E-state index in [1.807, 2.05) is 0 Å². The van der Waals surface area contributed by atoms with E-state index in [1.54, 1.807) is 24.3 Å². The number of fused-ring (bicyclic) bond motifs is 1. The summed E-state index contributed by atoms with van der Waals surface area (Å²) < 4.78 is 5.30. The van der Waals surface area contributed by atoms with E-state index in [4.69, 9.17) is 15.6 Å². The second kappa shape index (κ2) is 9.06. The number of hydrogen-bond donors (Lipinski definition) is 4. The molecular weight excluding hydrogens is 394 g/mol. The molecule has 2 aromatic rings. The van der Waals surface area contributed by atoms with Crippen LogP contribution < -0.4 is 16.4 Å². The van der Waals surface area contributed by atoms with Crippen molar-refractivity contribution in [1.29, 1.82) is 0 Å². The molecule has 1 aromatic carbocycles. The molecule has 0 unspecified atom stereocenters. The molecule has 0 spiro atoms. The van der Waals surface area contributed by atoms with Crippen LogP contribution in [0.25, 0.3) is 0 Å². The number of ether oxygens (including phenoxy) is 1. The van der Waals surface area contributed by atoms with Crippen LogP contribution in [0.1, 0.15) is 44.5 Å². The highest BCUT2D eigenvalue weighted by molar-refractivity contribution is 7.17. The van der Waals surface area contributed by atoms with Crippen LogP contribution in [-0.2, 0) is 22.4 Å². The average molecular weight is 417 g/mol. The number of para-hydroxylation sites is 1. The molecule has 3 rings (SSSR count). The van der Waals surface area contributed by atoms with Gasteiger partial charge in [0.15, 0.2) is 6.10 Å². The summed E-state index contributed by atoms with van der Waals surface area (Å²) >= 11 is 1.34. The number of hydrogen-bond acceptors (Lipinski definition) is 7. The predicted molar refractivity (Wildman–Crippen MR) is 110 cm³/mol. The number of thiophene rings is 1. The normalized spacial score (nSPS) is 13.4. The molecule has 1 heterocycles. The number of aliphatic hydroxyl groups excluding tert-OH is 1. The number of aliphatic hydroxyl groups is 1. The molecule has 29 heavy (non-hydrogen) atoms. The monoisotopic (exact) mass is 417 g/mol. The Balaban J connectivity index is 1.69. The minimum Gasteiger partial charge on any atom is -0.449 e. The Bertz CT molecular complexity index is 940. The summed E-state index contributed by atoms with van der Waals surface area (Å²) in [5.74, 6) is -1.78. The van der Waals surface area contributed by atoms with Crippen molar-refractivity contribution in [2.24, 2.45) is 5.73 Å². The van der Waals surface area contributed by atoms with Crippen LogP contribution >= 0.6 is 11.3 Å². The molecule has 1 atom stereocenters. The van der Waals surface area contributed by atoms with E-state index in [-0.39, 0.29) is 18.7 Å². The summed E-state index contributed by atoms with van der Waals surface area (Å²) in [7, 11) is 0. The van der Waals surface area contributed by atoms with Crippen LogP contribution in [0.3, 0.4) is 0 Å². The largest absolute Gasteiger partial charge is 0.449 e. The number of aryl methyl sites for hydroxylation is 1. The summed E-state index contributed by atoms with van der Waals surface area (Å²) in [5, 5.41) is 15.0. The fourth-order valence-electron chi connectivity index (χ4n) is 3.25. The number of rotatable bonds is 8. The molecule has 0 saturated heterocycles. The van der Waals surface area contributed by atoms with Crippen molar-refractivity contribution in [1.82, 2.24) is 0 Å². The van der Waals surface area contributed by atoms with Gasteiger partial charge in [0.1, 0.15) is 5.00 Å². The second-order valence-corrected chi connectivity index (χ2v) is 7.76. The van der Waals surface area contributed by atoms with Gasteiger partial charge in [-0.2, -0.15) is 0 Å². The molecular formula is C20H23N3O5S. The lowest BCUT2D eigenvalue weighted by molar-refractivity contribution is -0.123. The van der Waals surface area contributed by atoms with Crippen LogP contribution in [-0.4, -0.2) is 42.1 Å². The highest BCUT2D eigenvalue weighted by atomic mass is 32.1. The first-order valence-corrected chi connectivity index (χ1v) is 10.1. The van der Waals surface area contributed by atoms with Crippen LogP contribution in [0, 0.1) is 0 Å². The molecule has 0 fully saturated rings. The highest BCUT2D eigenvalue weighted by Crippen LogP contribution is 2.38. The number of benzene rings is 1. The lowest BCUT2D eigenvalue weighted by atomic mass is 10.1. The SMILES string of the molecule is C[C@@H](OC(=O)c1ccccc1NCCO)C(=O)Nc1sc2c(c1C(N)=O)CCC2. The van der Waals surface area contributed by atoms with Gasteiger partial charge in [0.05, 0.1) is 17.7 Å². The molecule has 2 amide bonds. The first kappa shape index (κ1) is 20.8. The number of carbonyl (C=O) groups excluding carboxylic acids is 3. The van der Waals surface area contributed by atoms with Crippen molar-refractivity contribution in [2.75, 3.05) is 23.8 Å². The number of carbonyl (C=O) groups is 3. The molecule has 0 saturated carbocycles. The predicted octanol–water partition coefficient (Wildman–Crippen LogP) is 1.92. The van der Waals surface area contributed by atoms with E-state index in [2.05, 4.69) is 10.6 Å². The number of primary amides is 1. The fraction of sp³-hybridized carbons (Fsp3) is 0.350. The van der Waals surface area contributed by atoms with Gasteiger partial charge in [-0.25, -0.2) is 4.79 Å². The lowest BCUT2D eigenvalue weighted by Gasteiger charge is -2.15. The van der Waals surface area contributed by atoms with Crippen LogP contribution in [0.15, 0.2) is 24.3 Å². The molecule has 9 heteroatoms. The zero-order valence-electron chi connectivity index (χ0n) is 16.0. The van der Waals surface area contributed by atoms with Gasteiger partial charge in [0, 0.05) is 17.1 Å². The van der Waals surface area contributed by atoms with Crippen LogP contribution in [0.2, 0.25) is 0 Å². The third-order valence-corrected chi connectivity index (χ3v) is 5.84. The third-order valence-electron chi connectivity index (χ3n) is 4.63. The van der Waals surface area contributed by atoms with E-state index in [0.717, 1.165) is 29.7 Å². The van der Waals surface area contributed by atoms with E-state index in [0.29, 0.717) is 16.3 Å². The maximum Gasteiger partial charge on any atom is 0.341 e. The minimum absolute atomic E-state index is 0.0881. The van der Waals surface area contributed by atoms with Crippen LogP contribution in [0.4, 0.5) is 10.7 Å². The standard InChI is InChI=1S/C20H23N3O5S/c1-11(28-20(27)12-5-2-3-7-14(12)22-9-10-24)18(26)23-19-16(17(21)25)13-6-4-8-15(13)29-19/h2-3,5,7,11,22,24H,4,6,8-10H2,1H3,(H2,21,25)(H,23,26)/t11-/m1/s1. The molecule has 1 aromatic heterocycles. The van der Waals surface area contributed by atoms with Gasteiger partial charge in [-0.05, 0) is 43.9 Å². The smallest absolute Gasteiger partial charge is 0.341 e. The van der Waals surface area contributed by atoms with Gasteiger partial charge >= 0.3 is 5.97 Å². The number of anilines is 2. The fourth-order valence-corrected chi connectivity index (χ4v) is 4.55. The number of esters is 1. The Hall–Kier alpha value is -2.91. The summed E-state index contributed by atoms with van der Waals surface area (Å²) in [4.78, 5) is 38.0. The topological polar surface area (TPSA) is 131 Å². The van der Waals surface area contributed by atoms with Crippen molar-refractivity contribution in [3.8, 4) is 0 Å². The molecule has 0 radical (unpaired) electrons. The van der Waals surface area contributed by atoms with E-state index >= 15 is 0 Å². The zero-order valence-corrected chi connectivity index (χ0v) is 16.8. The van der Waals surface area contributed by atoms with Crippen molar-refractivity contribution in [3.63, 3.8) is 0 Å². The third kappa shape index (κ3) is 4.57. The van der Waals surface area contributed by atoms with E-state index in [1.165, 1.54) is 18.3 Å². The lowest BCUT2D eigenvalue weighted by Crippen LogP contribution is -2.30. The molecule has 154 valence electrons. The summed E-state index contributed by atoms with van der Waals surface area (Å²) in [6.07, 6.45) is 1.51. The Kier molecular flexibility index (Phi) is 6.50. The van der Waals surface area contributed by atoms with Crippen LogP contribution in [0.5, 0.6) is 0 Å². The van der Waals surface area contributed by atoms with Gasteiger partial charge in [-0.3, -0.25) is 9.59 Å². The molecule has 8 nitrogen and oxygen atoms in total. The van der Waals surface area contributed by atoms with Gasteiger partial charge in [0.2, 0.25) is 0 Å². The number of nitrogens with one attached hydrogen (secondary N) is 2. The quantitative estimate of drug-likeness (QED) is 0.486. The van der Waals surface area contributed by atoms with Gasteiger partial charge in [-0.1, -0.05) is 12.1 Å². The Morgan fingerprint density at radius 2 is 2.03 bits per heavy atom. The maximum atomic E-state index is 12.6. The number of nitrogens with two attached hydrogens (primary N) is 1. The molecule has 0 aliphatic heterocycles. The summed E-state index contributed by atoms with van der Waals surface area (Å²) in [6, 6.07) is 6.68. The van der Waals surface area contributed by atoms with Crippen molar-refractivity contribution < 1.29 is 24.2 Å². The minimum atomic E-state index is -1.08. The zero-order chi connectivity index (χ0) is 21.0. The molecule has 1 aliphatic rings. The Morgan fingerprint density at radius 1 is 1.28 bits per heavy atom. The molecule has 1 aliphatic carbocycles. The number of amides is 2. The summed E-state index contributed by atoms with van der Waals surface area (Å²) in [5.41, 5.74) is 7.53. The van der Waals surface area contributed by atoms with Gasteiger partial charge < -0.3 is 26.2 Å². The van der Waals surface area contributed by atoms with Crippen molar-refractivity contribution >= 4 is 39.8 Å². The van der Waals surface area contributed by atoms with E-state index < -0.39 is 23.9 Å². The van der Waals surface area contributed by atoms with Gasteiger partial charge in [0.25, 0.3) is 11.8 Å². The first-order chi connectivity index (χ1) is 13.9. The second-order valence-electron chi connectivity index (χ2n) is 6.66. The average Bonchev–Trinajstić information content (AvgIpc) is 3.26. The van der Waals surface area contributed by atoms with Crippen molar-refractivity contribution in [3.05, 3.63) is 45.8 Å².